The molecule has 6 nitrogen and oxygen atoms in total. The van der Waals surface area contributed by atoms with Gasteiger partial charge in [0.25, 0.3) is 0 Å². The first kappa shape index (κ1) is 25.6. The highest BCUT2D eigenvalue weighted by Gasteiger charge is 2.22. The fourth-order valence-electron chi connectivity index (χ4n) is 3.14. The van der Waals surface area contributed by atoms with Crippen LogP contribution in [0, 0.1) is 0 Å². The van der Waals surface area contributed by atoms with E-state index in [-0.39, 0.29) is 28.0 Å². The fourth-order valence-corrected chi connectivity index (χ4v) is 4.53. The molecule has 184 valence electrons. The smallest absolute Gasteiger partial charge is 0.339 e. The molecule has 0 atom stereocenters. The Labute approximate surface area is 219 Å². The number of aliphatic imine (C=N–C) groups is 1. The summed E-state index contributed by atoms with van der Waals surface area (Å²) in [6.45, 7) is 2.04. The van der Waals surface area contributed by atoms with Crippen molar-refractivity contribution in [3.8, 4) is 23.0 Å². The van der Waals surface area contributed by atoms with Gasteiger partial charge in [0.05, 0.1) is 17.3 Å². The zero-order chi connectivity index (χ0) is 25.5. The second-order valence-electron chi connectivity index (χ2n) is 7.42. The highest BCUT2D eigenvalue weighted by molar-refractivity contribution is 7.87. The van der Waals surface area contributed by atoms with Crippen molar-refractivity contribution >= 4 is 45.2 Å². The van der Waals surface area contributed by atoms with E-state index < -0.39 is 10.1 Å². The van der Waals surface area contributed by atoms with E-state index in [9.17, 15) is 8.42 Å². The number of rotatable bonds is 9. The second kappa shape index (κ2) is 11.5. The normalized spacial score (nSPS) is 11.4. The van der Waals surface area contributed by atoms with Crippen LogP contribution in [0.3, 0.4) is 0 Å². The van der Waals surface area contributed by atoms with Gasteiger partial charge in [-0.05, 0) is 85.3 Å². The molecule has 0 heterocycles. The van der Waals surface area contributed by atoms with Crippen LogP contribution in [0.1, 0.15) is 12.5 Å². The van der Waals surface area contributed by atoms with Crippen LogP contribution in [0.4, 0.5) is 5.69 Å². The molecule has 0 aliphatic rings. The molecule has 0 amide bonds. The van der Waals surface area contributed by atoms with Crippen LogP contribution in [-0.4, -0.2) is 21.2 Å². The van der Waals surface area contributed by atoms with Crippen LogP contribution in [0.25, 0.3) is 0 Å². The van der Waals surface area contributed by atoms with Crippen LogP contribution in [0.2, 0.25) is 10.0 Å². The number of ether oxygens (including phenoxy) is 2. The summed E-state index contributed by atoms with van der Waals surface area (Å²) < 4.78 is 42.2. The minimum Gasteiger partial charge on any atom is -0.490 e. The van der Waals surface area contributed by atoms with E-state index in [4.69, 9.17) is 36.9 Å². The third-order valence-corrected chi connectivity index (χ3v) is 6.57. The Morgan fingerprint density at radius 2 is 1.53 bits per heavy atom. The average molecular weight is 542 g/mol. The number of para-hydroxylation sites is 1. The SMILES string of the molecule is CCOc1cc(C=Nc2ccc(Oc3ccccc3)cc2)cc(Cl)c1OS(=O)(=O)c1ccc(Cl)cc1. The van der Waals surface area contributed by atoms with E-state index in [1.54, 1.807) is 25.3 Å². The van der Waals surface area contributed by atoms with Crippen molar-refractivity contribution in [3.05, 3.63) is 107 Å². The number of hydrogen-bond acceptors (Lipinski definition) is 6. The zero-order valence-electron chi connectivity index (χ0n) is 19.1. The standard InChI is InChI=1S/C27H21Cl2NO5S/c1-2-33-26-17-19(16-25(29)27(26)35-36(31,32)24-14-8-20(28)9-15-24)18-30-21-10-12-23(13-11-21)34-22-6-4-3-5-7-22/h3-18H,2H2,1H3. The molecule has 0 unspecified atom stereocenters. The van der Waals surface area contributed by atoms with Crippen molar-refractivity contribution in [2.75, 3.05) is 6.61 Å². The van der Waals surface area contributed by atoms with Gasteiger partial charge in [0.1, 0.15) is 16.4 Å². The van der Waals surface area contributed by atoms with Crippen LogP contribution < -0.4 is 13.7 Å². The van der Waals surface area contributed by atoms with Gasteiger partial charge in [-0.1, -0.05) is 41.4 Å². The summed E-state index contributed by atoms with van der Waals surface area (Å²) in [5.41, 5.74) is 1.29. The first-order valence-corrected chi connectivity index (χ1v) is 13.0. The van der Waals surface area contributed by atoms with Crippen molar-refractivity contribution in [1.29, 1.82) is 0 Å². The summed E-state index contributed by atoms with van der Waals surface area (Å²) in [4.78, 5) is 4.40. The van der Waals surface area contributed by atoms with Crippen molar-refractivity contribution in [1.82, 2.24) is 0 Å². The van der Waals surface area contributed by atoms with Crippen molar-refractivity contribution in [2.45, 2.75) is 11.8 Å². The summed E-state index contributed by atoms with van der Waals surface area (Å²) in [7, 11) is -4.16. The van der Waals surface area contributed by atoms with Gasteiger partial charge in [0.2, 0.25) is 5.75 Å². The van der Waals surface area contributed by atoms with Crippen molar-refractivity contribution in [2.24, 2.45) is 4.99 Å². The topological polar surface area (TPSA) is 74.2 Å². The van der Waals surface area contributed by atoms with E-state index in [1.807, 2.05) is 54.6 Å². The maximum absolute atomic E-state index is 12.7. The second-order valence-corrected chi connectivity index (χ2v) is 9.81. The third kappa shape index (κ3) is 6.57. The summed E-state index contributed by atoms with van der Waals surface area (Å²) in [6, 6.07) is 25.5. The van der Waals surface area contributed by atoms with Gasteiger partial charge in [-0.25, -0.2) is 0 Å². The molecule has 0 fully saturated rings. The van der Waals surface area contributed by atoms with E-state index in [1.165, 1.54) is 24.3 Å². The molecular weight excluding hydrogens is 521 g/mol. The predicted molar refractivity (Wildman–Crippen MR) is 142 cm³/mol. The van der Waals surface area contributed by atoms with E-state index in [0.717, 1.165) is 5.75 Å². The number of hydrogen-bond donors (Lipinski definition) is 0. The minimum absolute atomic E-state index is 0.0595. The molecule has 4 aromatic rings. The molecular formula is C27H21Cl2NO5S. The summed E-state index contributed by atoms with van der Waals surface area (Å²) in [5, 5.41) is 0.468. The maximum atomic E-state index is 12.7. The molecule has 0 radical (unpaired) electrons. The van der Waals surface area contributed by atoms with E-state index in [2.05, 4.69) is 4.99 Å². The molecule has 0 N–H and O–H groups in total. The van der Waals surface area contributed by atoms with Crippen molar-refractivity contribution in [3.63, 3.8) is 0 Å². The van der Waals surface area contributed by atoms with Gasteiger partial charge >= 0.3 is 10.1 Å². The summed E-state index contributed by atoms with van der Waals surface area (Å²) in [6.07, 6.45) is 1.60. The lowest BCUT2D eigenvalue weighted by atomic mass is 10.2. The Morgan fingerprint density at radius 1 is 0.861 bits per heavy atom. The molecule has 0 spiro atoms. The Kier molecular flexibility index (Phi) is 8.15. The Bertz CT molecular complexity index is 1460. The minimum atomic E-state index is -4.16. The quantitative estimate of drug-likeness (QED) is 0.160. The molecule has 36 heavy (non-hydrogen) atoms. The number of halogens is 2. The lowest BCUT2D eigenvalue weighted by Crippen LogP contribution is -2.11. The predicted octanol–water partition coefficient (Wildman–Crippen LogP) is 7.70. The van der Waals surface area contributed by atoms with Gasteiger partial charge < -0.3 is 13.7 Å². The highest BCUT2D eigenvalue weighted by Crippen LogP contribution is 2.38. The van der Waals surface area contributed by atoms with Crippen LogP contribution in [0.5, 0.6) is 23.0 Å². The molecule has 0 bridgehead atoms. The number of nitrogens with zero attached hydrogens (tertiary/aromatic N) is 1. The lowest BCUT2D eigenvalue weighted by Gasteiger charge is -2.14. The Morgan fingerprint density at radius 3 is 2.19 bits per heavy atom. The fraction of sp³-hybridized carbons (Fsp3) is 0.0741. The van der Waals surface area contributed by atoms with Gasteiger partial charge in [-0.3, -0.25) is 4.99 Å². The monoisotopic (exact) mass is 541 g/mol. The van der Waals surface area contributed by atoms with Gasteiger partial charge in [-0.15, -0.1) is 0 Å². The first-order chi connectivity index (χ1) is 17.3. The van der Waals surface area contributed by atoms with E-state index in [0.29, 0.717) is 22.0 Å². The van der Waals surface area contributed by atoms with Gasteiger partial charge in [-0.2, -0.15) is 8.42 Å². The van der Waals surface area contributed by atoms with Crippen LogP contribution >= 0.6 is 23.2 Å². The maximum Gasteiger partial charge on any atom is 0.339 e. The number of benzene rings is 4. The Hall–Kier alpha value is -3.52. The zero-order valence-corrected chi connectivity index (χ0v) is 21.4. The van der Waals surface area contributed by atoms with Gasteiger partial charge in [0.15, 0.2) is 5.75 Å². The largest absolute Gasteiger partial charge is 0.490 e. The van der Waals surface area contributed by atoms with Gasteiger partial charge in [0, 0.05) is 11.2 Å². The van der Waals surface area contributed by atoms with Crippen LogP contribution in [0.15, 0.2) is 101 Å². The molecule has 0 saturated carbocycles. The molecule has 0 saturated heterocycles. The molecule has 4 aromatic carbocycles. The Balaban J connectivity index is 1.53. The molecule has 0 aromatic heterocycles. The highest BCUT2D eigenvalue weighted by atomic mass is 35.5. The summed E-state index contributed by atoms with van der Waals surface area (Å²) in [5.74, 6) is 1.50. The first-order valence-electron chi connectivity index (χ1n) is 10.9. The van der Waals surface area contributed by atoms with E-state index >= 15 is 0 Å². The molecule has 0 aliphatic carbocycles. The average Bonchev–Trinajstić information content (AvgIpc) is 2.87. The van der Waals surface area contributed by atoms with Crippen molar-refractivity contribution < 1.29 is 22.1 Å². The molecule has 9 heteroatoms. The molecule has 4 rings (SSSR count). The lowest BCUT2D eigenvalue weighted by molar-refractivity contribution is 0.327. The van der Waals surface area contributed by atoms with Crippen LogP contribution in [-0.2, 0) is 10.1 Å². The summed E-state index contributed by atoms with van der Waals surface area (Å²) >= 11 is 12.3. The third-order valence-electron chi connectivity index (χ3n) is 4.81. The molecule has 0 aliphatic heterocycles.